The number of aromatic amines is 1. The van der Waals surface area contributed by atoms with Gasteiger partial charge in [-0.1, -0.05) is 32.9 Å². The predicted octanol–water partition coefficient (Wildman–Crippen LogP) is 2.68. The van der Waals surface area contributed by atoms with Gasteiger partial charge in [0.25, 0.3) is 5.56 Å². The highest BCUT2D eigenvalue weighted by molar-refractivity contribution is 7.89. The van der Waals surface area contributed by atoms with E-state index in [2.05, 4.69) is 18.5 Å². The number of piperazine rings is 1. The maximum atomic E-state index is 13.6. The van der Waals surface area contributed by atoms with Gasteiger partial charge in [0, 0.05) is 38.3 Å². The van der Waals surface area contributed by atoms with E-state index in [1.165, 1.54) is 10.4 Å². The number of sulfonamides is 1. The normalized spacial score (nSPS) is 15.3. The van der Waals surface area contributed by atoms with Gasteiger partial charge in [-0.25, -0.2) is 12.9 Å². The number of hydrogen-bond donors (Lipinski definition) is 2. The first-order valence-corrected chi connectivity index (χ1v) is 14.6. The summed E-state index contributed by atoms with van der Waals surface area (Å²) in [5, 5.41) is 14.0. The van der Waals surface area contributed by atoms with E-state index in [0.717, 1.165) is 29.7 Å². The van der Waals surface area contributed by atoms with Crippen molar-refractivity contribution >= 4 is 21.6 Å². The molecule has 2 aromatic heterocycles. The maximum Gasteiger partial charge on any atom is 0.275 e. The first-order valence-electron chi connectivity index (χ1n) is 13.1. The number of β-amino-alcohol motifs (C(OH)–C–C–N with tert-alkyl or cyclic N) is 1. The first kappa shape index (κ1) is 28.0. The van der Waals surface area contributed by atoms with Gasteiger partial charge in [0.1, 0.15) is 11.3 Å². The van der Waals surface area contributed by atoms with Crippen LogP contribution in [0.4, 0.5) is 0 Å². The average molecular weight is 544 g/mol. The number of hydrogen-bond acceptors (Lipinski definition) is 7. The number of aliphatic hydroxyl groups is 1. The van der Waals surface area contributed by atoms with E-state index in [0.29, 0.717) is 62.6 Å². The van der Waals surface area contributed by atoms with Crippen molar-refractivity contribution < 1.29 is 18.3 Å². The van der Waals surface area contributed by atoms with Crippen LogP contribution in [0, 0.1) is 6.92 Å². The van der Waals surface area contributed by atoms with Crippen LogP contribution < -0.4 is 10.3 Å². The number of rotatable bonds is 11. The molecule has 4 rings (SSSR count). The number of nitrogens with one attached hydrogen (secondary N) is 1. The number of ether oxygens (including phenoxy) is 1. The summed E-state index contributed by atoms with van der Waals surface area (Å²) < 4.78 is 36.2. The lowest BCUT2D eigenvalue weighted by atomic mass is 10.1. The molecule has 0 spiro atoms. The number of aryl methyl sites for hydroxylation is 2. The van der Waals surface area contributed by atoms with Crippen molar-refractivity contribution in [2.75, 3.05) is 45.9 Å². The SMILES string of the molecule is C=Cc1c(C)c2c(=O)[nH]c(-c3cc(S(=O)(=O)N4CCN(CCO)CC4)ccc3OCCC)nn2c1CCC. The van der Waals surface area contributed by atoms with E-state index < -0.39 is 10.0 Å². The molecule has 206 valence electrons. The fourth-order valence-corrected chi connectivity index (χ4v) is 6.42. The minimum absolute atomic E-state index is 0.0417. The van der Waals surface area contributed by atoms with E-state index in [1.54, 1.807) is 22.7 Å². The van der Waals surface area contributed by atoms with Crippen LogP contribution in [-0.2, 0) is 16.4 Å². The topological polar surface area (TPSA) is 120 Å². The lowest BCUT2D eigenvalue weighted by Crippen LogP contribution is -2.49. The van der Waals surface area contributed by atoms with Crippen LogP contribution in [0.25, 0.3) is 23.0 Å². The standard InChI is InChI=1S/C27H37N5O5S/c1-5-8-23-21(7-3)19(4)25-27(34)28-26(29-32(23)25)22-18-20(9-10-24(22)37-17-6-2)38(35,36)31-13-11-30(12-14-31)15-16-33/h7,9-10,18,33H,3,5-6,8,11-17H2,1-2,4H3,(H,28,29,34). The molecular formula is C27H37N5O5S. The van der Waals surface area contributed by atoms with Gasteiger partial charge in [-0.3, -0.25) is 9.69 Å². The highest BCUT2D eigenvalue weighted by Gasteiger charge is 2.29. The van der Waals surface area contributed by atoms with Crippen LogP contribution in [0.2, 0.25) is 0 Å². The Kier molecular flexibility index (Phi) is 8.71. The van der Waals surface area contributed by atoms with Gasteiger partial charge in [0.2, 0.25) is 10.0 Å². The molecule has 0 bridgehead atoms. The van der Waals surface area contributed by atoms with Crippen LogP contribution in [0.1, 0.15) is 43.5 Å². The molecule has 0 atom stereocenters. The zero-order valence-electron chi connectivity index (χ0n) is 22.4. The lowest BCUT2D eigenvalue weighted by molar-refractivity contribution is 0.151. The molecule has 2 N–H and O–H groups in total. The molecule has 0 aliphatic carbocycles. The third-order valence-corrected chi connectivity index (χ3v) is 8.82. The molecule has 11 heteroatoms. The second kappa shape index (κ2) is 11.8. The van der Waals surface area contributed by atoms with Crippen LogP contribution in [0.15, 0.2) is 34.5 Å². The van der Waals surface area contributed by atoms with Crippen molar-refractivity contribution in [1.29, 1.82) is 0 Å². The van der Waals surface area contributed by atoms with Crippen LogP contribution in [-0.4, -0.2) is 83.3 Å². The third kappa shape index (κ3) is 5.28. The minimum Gasteiger partial charge on any atom is -0.493 e. The molecule has 3 heterocycles. The molecule has 10 nitrogen and oxygen atoms in total. The Morgan fingerprint density at radius 2 is 1.92 bits per heavy atom. The number of aromatic nitrogens is 3. The Morgan fingerprint density at radius 3 is 2.55 bits per heavy atom. The summed E-state index contributed by atoms with van der Waals surface area (Å²) in [7, 11) is -3.80. The Hall–Kier alpha value is -2.99. The molecule has 1 aromatic carbocycles. The van der Waals surface area contributed by atoms with E-state index in [9.17, 15) is 18.3 Å². The summed E-state index contributed by atoms with van der Waals surface area (Å²) in [5.41, 5.74) is 3.14. The summed E-state index contributed by atoms with van der Waals surface area (Å²) in [5.74, 6) is 0.687. The summed E-state index contributed by atoms with van der Waals surface area (Å²) in [6, 6.07) is 4.71. The van der Waals surface area contributed by atoms with E-state index in [-0.39, 0.29) is 22.9 Å². The summed E-state index contributed by atoms with van der Waals surface area (Å²) in [6.07, 6.45) is 4.08. The first-order chi connectivity index (χ1) is 18.3. The predicted molar refractivity (Wildman–Crippen MR) is 148 cm³/mol. The lowest BCUT2D eigenvalue weighted by Gasteiger charge is -2.33. The monoisotopic (exact) mass is 543 g/mol. The van der Waals surface area contributed by atoms with Crippen molar-refractivity contribution in [3.63, 3.8) is 0 Å². The summed E-state index contributed by atoms with van der Waals surface area (Å²) in [4.78, 5) is 18.3. The average Bonchev–Trinajstić information content (AvgIpc) is 3.18. The Balaban J connectivity index is 1.83. The van der Waals surface area contributed by atoms with Gasteiger partial charge in [0.05, 0.1) is 29.4 Å². The minimum atomic E-state index is -3.80. The van der Waals surface area contributed by atoms with Crippen molar-refractivity contribution in [2.45, 2.75) is 44.9 Å². The zero-order valence-corrected chi connectivity index (χ0v) is 23.2. The molecule has 0 saturated carbocycles. The molecule has 3 aromatic rings. The number of benzene rings is 1. The fourth-order valence-electron chi connectivity index (χ4n) is 4.97. The molecule has 0 unspecified atom stereocenters. The third-order valence-electron chi connectivity index (χ3n) is 6.93. The fraction of sp³-hybridized carbons (Fsp3) is 0.481. The van der Waals surface area contributed by atoms with E-state index in [4.69, 9.17) is 9.84 Å². The maximum absolute atomic E-state index is 13.6. The Bertz CT molecular complexity index is 1470. The number of H-pyrrole nitrogens is 1. The van der Waals surface area contributed by atoms with Gasteiger partial charge in [0.15, 0.2) is 5.82 Å². The number of fused-ring (bicyclic) bond motifs is 1. The van der Waals surface area contributed by atoms with Crippen LogP contribution in [0.3, 0.4) is 0 Å². The smallest absolute Gasteiger partial charge is 0.275 e. The van der Waals surface area contributed by atoms with Crippen molar-refractivity contribution in [2.24, 2.45) is 0 Å². The summed E-state index contributed by atoms with van der Waals surface area (Å²) in [6.45, 7) is 12.6. The van der Waals surface area contributed by atoms with Gasteiger partial charge < -0.3 is 14.8 Å². The number of nitrogens with zero attached hydrogens (tertiary/aromatic N) is 4. The highest BCUT2D eigenvalue weighted by Crippen LogP contribution is 2.32. The van der Waals surface area contributed by atoms with Crippen molar-refractivity contribution in [3.8, 4) is 17.1 Å². The Morgan fingerprint density at radius 1 is 1.18 bits per heavy atom. The van der Waals surface area contributed by atoms with E-state index >= 15 is 0 Å². The molecule has 1 saturated heterocycles. The highest BCUT2D eigenvalue weighted by atomic mass is 32.2. The van der Waals surface area contributed by atoms with Gasteiger partial charge in [-0.05, 0) is 43.5 Å². The molecular weight excluding hydrogens is 506 g/mol. The molecule has 1 aliphatic heterocycles. The van der Waals surface area contributed by atoms with Gasteiger partial charge in [-0.15, -0.1) is 5.10 Å². The second-order valence-electron chi connectivity index (χ2n) is 9.48. The molecule has 0 radical (unpaired) electrons. The molecule has 0 amide bonds. The Labute approximate surface area is 223 Å². The van der Waals surface area contributed by atoms with Crippen LogP contribution >= 0.6 is 0 Å². The van der Waals surface area contributed by atoms with Crippen molar-refractivity contribution in [1.82, 2.24) is 23.8 Å². The summed E-state index contributed by atoms with van der Waals surface area (Å²) >= 11 is 0. The van der Waals surface area contributed by atoms with Crippen molar-refractivity contribution in [3.05, 3.63) is 52.0 Å². The van der Waals surface area contributed by atoms with E-state index in [1.807, 2.05) is 18.7 Å². The zero-order chi connectivity index (χ0) is 27.4. The quantitative estimate of drug-likeness (QED) is 0.382. The number of aliphatic hydroxyl groups excluding tert-OH is 1. The molecule has 1 aliphatic rings. The second-order valence-corrected chi connectivity index (χ2v) is 11.4. The van der Waals surface area contributed by atoms with Crippen LogP contribution in [0.5, 0.6) is 5.75 Å². The van der Waals surface area contributed by atoms with Gasteiger partial charge >= 0.3 is 0 Å². The largest absolute Gasteiger partial charge is 0.493 e. The van der Waals surface area contributed by atoms with Gasteiger partial charge in [-0.2, -0.15) is 4.31 Å². The molecule has 38 heavy (non-hydrogen) atoms. The molecule has 1 fully saturated rings.